The van der Waals surface area contributed by atoms with Gasteiger partial charge in [-0.2, -0.15) is 0 Å². The summed E-state index contributed by atoms with van der Waals surface area (Å²) in [5, 5.41) is 12.0. The van der Waals surface area contributed by atoms with Gasteiger partial charge in [-0.25, -0.2) is 4.98 Å². The van der Waals surface area contributed by atoms with Crippen LogP contribution in [-0.2, 0) is 10.5 Å². The average molecular weight is 364 g/mol. The van der Waals surface area contributed by atoms with E-state index in [1.807, 2.05) is 30.5 Å². The first-order chi connectivity index (χ1) is 11.4. The van der Waals surface area contributed by atoms with Crippen LogP contribution in [0.3, 0.4) is 0 Å². The highest BCUT2D eigenvalue weighted by Crippen LogP contribution is 2.27. The van der Waals surface area contributed by atoms with Gasteiger partial charge in [-0.15, -0.1) is 23.1 Å². The second-order valence-corrected chi connectivity index (χ2v) is 7.65. The standard InChI is InChI=1S/C17H20N2O3S2/c1-11(17(21)22)8-19(3)16(20)14-6-4-5-7-15(14)24-10-13-9-23-12(2)18-13/h4-7,9,11H,8,10H2,1-3H3,(H,21,22). The topological polar surface area (TPSA) is 70.5 Å². The van der Waals surface area contributed by atoms with Crippen LogP contribution in [0.1, 0.15) is 28.0 Å². The van der Waals surface area contributed by atoms with Crippen LogP contribution < -0.4 is 0 Å². The van der Waals surface area contributed by atoms with E-state index in [-0.39, 0.29) is 12.5 Å². The first kappa shape index (κ1) is 18.5. The zero-order valence-corrected chi connectivity index (χ0v) is 15.5. The van der Waals surface area contributed by atoms with Crippen molar-refractivity contribution in [1.82, 2.24) is 9.88 Å². The largest absolute Gasteiger partial charge is 0.481 e. The van der Waals surface area contributed by atoms with E-state index in [2.05, 4.69) is 4.98 Å². The molecule has 0 radical (unpaired) electrons. The zero-order valence-electron chi connectivity index (χ0n) is 13.9. The highest BCUT2D eigenvalue weighted by atomic mass is 32.2. The number of benzene rings is 1. The molecule has 2 rings (SSSR count). The monoisotopic (exact) mass is 364 g/mol. The number of rotatable bonds is 7. The zero-order chi connectivity index (χ0) is 17.7. The van der Waals surface area contributed by atoms with Crippen molar-refractivity contribution in [3.8, 4) is 0 Å². The molecule has 7 heteroatoms. The molecular formula is C17H20N2O3S2. The summed E-state index contributed by atoms with van der Waals surface area (Å²) in [4.78, 5) is 30.4. The van der Waals surface area contributed by atoms with Gasteiger partial charge in [-0.3, -0.25) is 9.59 Å². The Morgan fingerprint density at radius 2 is 2.08 bits per heavy atom. The van der Waals surface area contributed by atoms with Gasteiger partial charge in [0.05, 0.1) is 22.2 Å². The number of aryl methyl sites for hydroxylation is 1. The number of thiazole rings is 1. The molecule has 1 atom stereocenters. The number of carboxylic acids is 1. The molecule has 128 valence electrons. The fourth-order valence-electron chi connectivity index (χ4n) is 2.17. The lowest BCUT2D eigenvalue weighted by Crippen LogP contribution is -2.33. The lowest BCUT2D eigenvalue weighted by molar-refractivity contribution is -0.141. The lowest BCUT2D eigenvalue weighted by atomic mass is 10.1. The molecule has 0 saturated heterocycles. The molecule has 0 bridgehead atoms. The number of amides is 1. The first-order valence-corrected chi connectivity index (χ1v) is 9.36. The van der Waals surface area contributed by atoms with Crippen molar-refractivity contribution < 1.29 is 14.7 Å². The maximum Gasteiger partial charge on any atom is 0.308 e. The van der Waals surface area contributed by atoms with Gasteiger partial charge in [-0.05, 0) is 19.1 Å². The van der Waals surface area contributed by atoms with Crippen molar-refractivity contribution in [2.24, 2.45) is 5.92 Å². The summed E-state index contributed by atoms with van der Waals surface area (Å²) >= 11 is 3.17. The Labute approximate surface area is 149 Å². The Kier molecular flexibility index (Phi) is 6.39. The van der Waals surface area contributed by atoms with Crippen LogP contribution in [-0.4, -0.2) is 40.5 Å². The third-order valence-corrected chi connectivity index (χ3v) is 5.41. The maximum atomic E-state index is 12.6. The molecule has 1 aromatic carbocycles. The fraction of sp³-hybridized carbons (Fsp3) is 0.353. The summed E-state index contributed by atoms with van der Waals surface area (Å²) in [7, 11) is 1.63. The Hall–Kier alpha value is -1.86. The third-order valence-electron chi connectivity index (χ3n) is 3.48. The van der Waals surface area contributed by atoms with E-state index >= 15 is 0 Å². The lowest BCUT2D eigenvalue weighted by Gasteiger charge is -2.20. The Morgan fingerprint density at radius 1 is 1.38 bits per heavy atom. The summed E-state index contributed by atoms with van der Waals surface area (Å²) in [5.41, 5.74) is 1.59. The van der Waals surface area contributed by atoms with Crippen LogP contribution >= 0.6 is 23.1 Å². The Bertz CT molecular complexity index is 730. The Morgan fingerprint density at radius 3 is 2.71 bits per heavy atom. The maximum absolute atomic E-state index is 12.6. The normalized spacial score (nSPS) is 12.0. The smallest absolute Gasteiger partial charge is 0.308 e. The van der Waals surface area contributed by atoms with Crippen LogP contribution in [0, 0.1) is 12.8 Å². The van der Waals surface area contributed by atoms with Gasteiger partial charge in [-0.1, -0.05) is 19.1 Å². The summed E-state index contributed by atoms with van der Waals surface area (Å²) < 4.78 is 0. The summed E-state index contributed by atoms with van der Waals surface area (Å²) in [6, 6.07) is 7.40. The summed E-state index contributed by atoms with van der Waals surface area (Å²) in [6.07, 6.45) is 0. The highest BCUT2D eigenvalue weighted by Gasteiger charge is 2.20. The van der Waals surface area contributed by atoms with E-state index in [4.69, 9.17) is 5.11 Å². The molecule has 1 N–H and O–H groups in total. The predicted molar refractivity (Wildman–Crippen MR) is 96.6 cm³/mol. The van der Waals surface area contributed by atoms with E-state index in [0.717, 1.165) is 15.6 Å². The van der Waals surface area contributed by atoms with Crippen molar-refractivity contribution >= 4 is 35.0 Å². The molecule has 1 heterocycles. The van der Waals surface area contributed by atoms with Crippen LogP contribution in [0.4, 0.5) is 0 Å². The van der Waals surface area contributed by atoms with Gasteiger partial charge >= 0.3 is 5.97 Å². The van der Waals surface area contributed by atoms with Crippen LogP contribution in [0.15, 0.2) is 34.5 Å². The average Bonchev–Trinajstić information content (AvgIpc) is 2.97. The Balaban J connectivity index is 2.09. The first-order valence-electron chi connectivity index (χ1n) is 7.49. The summed E-state index contributed by atoms with van der Waals surface area (Å²) in [5.74, 6) is -0.974. The number of hydrogen-bond donors (Lipinski definition) is 1. The van der Waals surface area contributed by atoms with Crippen molar-refractivity contribution in [2.75, 3.05) is 13.6 Å². The quantitative estimate of drug-likeness (QED) is 0.761. The second-order valence-electron chi connectivity index (χ2n) is 5.57. The van der Waals surface area contributed by atoms with Gasteiger partial charge in [0.2, 0.25) is 0 Å². The fourth-order valence-corrected chi connectivity index (χ4v) is 3.83. The van der Waals surface area contributed by atoms with Crippen LogP contribution in [0.5, 0.6) is 0 Å². The molecule has 2 aromatic rings. The third kappa shape index (κ3) is 4.82. The van der Waals surface area contributed by atoms with Gasteiger partial charge in [0.25, 0.3) is 5.91 Å². The van der Waals surface area contributed by atoms with Crippen molar-refractivity contribution in [3.63, 3.8) is 0 Å². The minimum atomic E-state index is -0.906. The predicted octanol–water partition coefficient (Wildman–Crippen LogP) is 3.54. The molecule has 1 unspecified atom stereocenters. The molecular weight excluding hydrogens is 344 g/mol. The molecule has 5 nitrogen and oxygen atoms in total. The summed E-state index contributed by atoms with van der Waals surface area (Å²) in [6.45, 7) is 3.74. The van der Waals surface area contributed by atoms with Crippen LogP contribution in [0.25, 0.3) is 0 Å². The van der Waals surface area contributed by atoms with E-state index in [1.54, 1.807) is 43.1 Å². The van der Waals surface area contributed by atoms with E-state index in [0.29, 0.717) is 11.3 Å². The van der Waals surface area contributed by atoms with Gasteiger partial charge in [0.1, 0.15) is 0 Å². The number of aliphatic carboxylic acids is 1. The molecule has 24 heavy (non-hydrogen) atoms. The highest BCUT2D eigenvalue weighted by molar-refractivity contribution is 7.98. The number of thioether (sulfide) groups is 1. The molecule has 0 aliphatic heterocycles. The van der Waals surface area contributed by atoms with Gasteiger partial charge in [0, 0.05) is 29.6 Å². The molecule has 0 fully saturated rings. The number of hydrogen-bond acceptors (Lipinski definition) is 5. The molecule has 1 aromatic heterocycles. The van der Waals surface area contributed by atoms with Crippen molar-refractivity contribution in [1.29, 1.82) is 0 Å². The molecule has 0 aliphatic rings. The second kappa shape index (κ2) is 8.30. The SMILES string of the molecule is Cc1nc(CSc2ccccc2C(=O)N(C)CC(C)C(=O)O)cs1. The van der Waals surface area contributed by atoms with Gasteiger partial charge < -0.3 is 10.0 Å². The van der Waals surface area contributed by atoms with Crippen LogP contribution in [0.2, 0.25) is 0 Å². The minimum absolute atomic E-state index is 0.166. The van der Waals surface area contributed by atoms with E-state index in [1.165, 1.54) is 4.90 Å². The van der Waals surface area contributed by atoms with Crippen molar-refractivity contribution in [3.05, 3.63) is 45.9 Å². The number of carbonyl (C=O) groups excluding carboxylic acids is 1. The molecule has 1 amide bonds. The number of carbonyl (C=O) groups is 2. The van der Waals surface area contributed by atoms with Gasteiger partial charge in [0.15, 0.2) is 0 Å². The van der Waals surface area contributed by atoms with Crippen molar-refractivity contribution in [2.45, 2.75) is 24.5 Å². The molecule has 0 spiro atoms. The van der Waals surface area contributed by atoms with E-state index in [9.17, 15) is 9.59 Å². The molecule has 0 saturated carbocycles. The number of aromatic nitrogens is 1. The minimum Gasteiger partial charge on any atom is -0.481 e. The van der Waals surface area contributed by atoms with E-state index < -0.39 is 11.9 Å². The molecule has 0 aliphatic carbocycles. The number of carboxylic acid groups (broad SMARTS) is 1. The number of nitrogens with zero attached hydrogens (tertiary/aromatic N) is 2.